The summed E-state index contributed by atoms with van der Waals surface area (Å²) >= 11 is 0. The van der Waals surface area contributed by atoms with Crippen molar-refractivity contribution in [3.63, 3.8) is 0 Å². The highest BCUT2D eigenvalue weighted by Crippen LogP contribution is 2.28. The summed E-state index contributed by atoms with van der Waals surface area (Å²) in [5, 5.41) is 4.52. The van der Waals surface area contributed by atoms with Gasteiger partial charge in [0.25, 0.3) is 0 Å². The standard InChI is InChI=1S/C18H17N3O2/c1-21-17(12-7-9-13(23-2)10-8-12)11-16(20-21)14-5-3-4-6-15(14)18(19)22/h3-11H,1-2H3,(H2,19,22). The molecule has 116 valence electrons. The minimum absolute atomic E-state index is 0.461. The normalized spacial score (nSPS) is 10.5. The van der Waals surface area contributed by atoms with Gasteiger partial charge in [-0.15, -0.1) is 0 Å². The van der Waals surface area contributed by atoms with E-state index in [-0.39, 0.29) is 0 Å². The van der Waals surface area contributed by atoms with Crippen LogP contribution in [0.2, 0.25) is 0 Å². The molecule has 1 aromatic heterocycles. The molecule has 0 unspecified atom stereocenters. The van der Waals surface area contributed by atoms with Gasteiger partial charge < -0.3 is 10.5 Å². The molecule has 0 saturated carbocycles. The first-order valence-electron chi connectivity index (χ1n) is 7.18. The Labute approximate surface area is 134 Å². The third-order valence-electron chi connectivity index (χ3n) is 3.73. The van der Waals surface area contributed by atoms with Crippen LogP contribution < -0.4 is 10.5 Å². The average Bonchev–Trinajstić information content (AvgIpc) is 2.96. The van der Waals surface area contributed by atoms with Crippen LogP contribution in [0, 0.1) is 0 Å². The Morgan fingerprint density at radius 3 is 2.48 bits per heavy atom. The summed E-state index contributed by atoms with van der Waals surface area (Å²) in [6.45, 7) is 0. The number of aromatic nitrogens is 2. The van der Waals surface area contributed by atoms with E-state index in [2.05, 4.69) is 5.10 Å². The number of benzene rings is 2. The van der Waals surface area contributed by atoms with Gasteiger partial charge in [-0.3, -0.25) is 9.48 Å². The van der Waals surface area contributed by atoms with E-state index in [1.54, 1.807) is 23.9 Å². The first-order chi connectivity index (χ1) is 11.1. The molecule has 23 heavy (non-hydrogen) atoms. The number of methoxy groups -OCH3 is 1. The fourth-order valence-corrected chi connectivity index (χ4v) is 2.55. The second kappa shape index (κ2) is 5.96. The topological polar surface area (TPSA) is 70.1 Å². The first-order valence-corrected chi connectivity index (χ1v) is 7.18. The maximum absolute atomic E-state index is 11.6. The molecule has 2 aromatic carbocycles. The average molecular weight is 307 g/mol. The largest absolute Gasteiger partial charge is 0.497 e. The lowest BCUT2D eigenvalue weighted by Crippen LogP contribution is -2.12. The highest BCUT2D eigenvalue weighted by Gasteiger charge is 2.14. The van der Waals surface area contributed by atoms with Crippen molar-refractivity contribution >= 4 is 5.91 Å². The van der Waals surface area contributed by atoms with Crippen LogP contribution in [-0.4, -0.2) is 22.8 Å². The maximum atomic E-state index is 11.6. The van der Waals surface area contributed by atoms with Gasteiger partial charge in [0.05, 0.1) is 18.5 Å². The molecule has 0 aliphatic heterocycles. The number of nitrogens with zero attached hydrogens (tertiary/aromatic N) is 2. The molecule has 0 bridgehead atoms. The Balaban J connectivity index is 2.06. The highest BCUT2D eigenvalue weighted by atomic mass is 16.5. The third-order valence-corrected chi connectivity index (χ3v) is 3.73. The van der Waals surface area contributed by atoms with E-state index in [9.17, 15) is 4.79 Å². The number of nitrogens with two attached hydrogens (primary N) is 1. The van der Waals surface area contributed by atoms with Crippen LogP contribution in [0.3, 0.4) is 0 Å². The number of rotatable bonds is 4. The van der Waals surface area contributed by atoms with Crippen LogP contribution in [0.15, 0.2) is 54.6 Å². The number of ether oxygens (including phenoxy) is 1. The minimum atomic E-state index is -0.461. The van der Waals surface area contributed by atoms with E-state index in [1.807, 2.05) is 49.5 Å². The fraction of sp³-hybridized carbons (Fsp3) is 0.111. The molecule has 0 saturated heterocycles. The van der Waals surface area contributed by atoms with Gasteiger partial charge in [-0.2, -0.15) is 5.10 Å². The second-order valence-electron chi connectivity index (χ2n) is 5.18. The van der Waals surface area contributed by atoms with Gasteiger partial charge in [0.15, 0.2) is 0 Å². The summed E-state index contributed by atoms with van der Waals surface area (Å²) in [5.74, 6) is 0.340. The third kappa shape index (κ3) is 2.81. The Morgan fingerprint density at radius 2 is 1.83 bits per heavy atom. The summed E-state index contributed by atoms with van der Waals surface area (Å²) < 4.78 is 6.96. The van der Waals surface area contributed by atoms with Crippen molar-refractivity contribution in [2.45, 2.75) is 0 Å². The molecular formula is C18H17N3O2. The molecular weight excluding hydrogens is 290 g/mol. The van der Waals surface area contributed by atoms with Crippen LogP contribution in [0.5, 0.6) is 5.75 Å². The van der Waals surface area contributed by atoms with Crippen molar-refractivity contribution in [3.05, 3.63) is 60.2 Å². The molecule has 0 radical (unpaired) electrons. The van der Waals surface area contributed by atoms with Crippen molar-refractivity contribution in [1.82, 2.24) is 9.78 Å². The Bertz CT molecular complexity index is 851. The van der Waals surface area contributed by atoms with Crippen LogP contribution in [0.1, 0.15) is 10.4 Å². The molecule has 5 nitrogen and oxygen atoms in total. The molecule has 5 heteroatoms. The summed E-state index contributed by atoms with van der Waals surface area (Å²) in [4.78, 5) is 11.6. The molecule has 0 spiro atoms. The number of carbonyl (C=O) groups is 1. The summed E-state index contributed by atoms with van der Waals surface area (Å²) in [6.07, 6.45) is 0. The number of hydrogen-bond acceptors (Lipinski definition) is 3. The van der Waals surface area contributed by atoms with Crippen molar-refractivity contribution in [3.8, 4) is 28.3 Å². The van der Waals surface area contributed by atoms with Crippen molar-refractivity contribution in [2.24, 2.45) is 12.8 Å². The number of carbonyl (C=O) groups excluding carboxylic acids is 1. The molecule has 0 atom stereocenters. The van der Waals surface area contributed by atoms with E-state index >= 15 is 0 Å². The molecule has 0 aliphatic carbocycles. The molecule has 0 fully saturated rings. The summed E-state index contributed by atoms with van der Waals surface area (Å²) in [7, 11) is 3.51. The summed E-state index contributed by atoms with van der Waals surface area (Å²) in [6, 6.07) is 16.9. The quantitative estimate of drug-likeness (QED) is 0.805. The zero-order valence-electron chi connectivity index (χ0n) is 13.0. The van der Waals surface area contributed by atoms with Crippen molar-refractivity contribution < 1.29 is 9.53 Å². The molecule has 0 aliphatic rings. The SMILES string of the molecule is COc1ccc(-c2cc(-c3ccccc3C(N)=O)nn2C)cc1. The van der Waals surface area contributed by atoms with Gasteiger partial charge in [-0.1, -0.05) is 18.2 Å². The van der Waals surface area contributed by atoms with E-state index in [0.29, 0.717) is 11.3 Å². The van der Waals surface area contributed by atoms with E-state index in [4.69, 9.17) is 10.5 Å². The molecule has 2 N–H and O–H groups in total. The second-order valence-corrected chi connectivity index (χ2v) is 5.18. The fourth-order valence-electron chi connectivity index (χ4n) is 2.55. The van der Waals surface area contributed by atoms with E-state index < -0.39 is 5.91 Å². The van der Waals surface area contributed by atoms with Crippen LogP contribution >= 0.6 is 0 Å². The predicted molar refractivity (Wildman–Crippen MR) is 89.1 cm³/mol. The van der Waals surface area contributed by atoms with Gasteiger partial charge in [0, 0.05) is 23.7 Å². The molecule has 1 heterocycles. The van der Waals surface area contributed by atoms with Gasteiger partial charge in [-0.25, -0.2) is 0 Å². The molecule has 1 amide bonds. The van der Waals surface area contributed by atoms with E-state index in [0.717, 1.165) is 22.6 Å². The van der Waals surface area contributed by atoms with Crippen LogP contribution in [-0.2, 0) is 7.05 Å². The van der Waals surface area contributed by atoms with Crippen LogP contribution in [0.4, 0.5) is 0 Å². The smallest absolute Gasteiger partial charge is 0.249 e. The lowest BCUT2D eigenvalue weighted by molar-refractivity contribution is 0.100. The Hall–Kier alpha value is -3.08. The Morgan fingerprint density at radius 1 is 1.13 bits per heavy atom. The Kier molecular flexibility index (Phi) is 3.85. The van der Waals surface area contributed by atoms with Crippen LogP contribution in [0.25, 0.3) is 22.5 Å². The number of primary amides is 1. The molecule has 3 aromatic rings. The highest BCUT2D eigenvalue weighted by molar-refractivity contribution is 5.99. The number of hydrogen-bond donors (Lipinski definition) is 1. The van der Waals surface area contributed by atoms with Crippen molar-refractivity contribution in [1.29, 1.82) is 0 Å². The maximum Gasteiger partial charge on any atom is 0.249 e. The minimum Gasteiger partial charge on any atom is -0.497 e. The number of aryl methyl sites for hydroxylation is 1. The van der Waals surface area contributed by atoms with Gasteiger partial charge in [-0.05, 0) is 36.4 Å². The van der Waals surface area contributed by atoms with E-state index in [1.165, 1.54) is 0 Å². The zero-order valence-corrected chi connectivity index (χ0v) is 13.0. The van der Waals surface area contributed by atoms with Gasteiger partial charge in [0.2, 0.25) is 5.91 Å². The van der Waals surface area contributed by atoms with Crippen molar-refractivity contribution in [2.75, 3.05) is 7.11 Å². The summed E-state index contributed by atoms with van der Waals surface area (Å²) in [5.41, 5.74) is 9.33. The monoisotopic (exact) mass is 307 g/mol. The lowest BCUT2D eigenvalue weighted by atomic mass is 10.0. The zero-order chi connectivity index (χ0) is 16.4. The predicted octanol–water partition coefficient (Wildman–Crippen LogP) is 2.86. The van der Waals surface area contributed by atoms with Gasteiger partial charge in [0.1, 0.15) is 5.75 Å². The van der Waals surface area contributed by atoms with Gasteiger partial charge >= 0.3 is 0 Å². The molecule has 3 rings (SSSR count). The lowest BCUT2D eigenvalue weighted by Gasteiger charge is -2.03. The number of amides is 1. The first kappa shape index (κ1) is 14.8.